The fourth-order valence-electron chi connectivity index (χ4n) is 5.85. The lowest BCUT2D eigenvalue weighted by Gasteiger charge is -2.25. The number of benzene rings is 2. The van der Waals surface area contributed by atoms with Crippen LogP contribution in [0.5, 0.6) is 0 Å². The molecule has 2 atom stereocenters. The second kappa shape index (κ2) is 13.3. The Hall–Kier alpha value is -4.19. The van der Waals surface area contributed by atoms with Gasteiger partial charge in [-0.1, -0.05) is 24.3 Å². The van der Waals surface area contributed by atoms with Crippen LogP contribution in [0.15, 0.2) is 54.7 Å². The molecule has 1 aliphatic heterocycles. The Morgan fingerprint density at radius 1 is 1.02 bits per heavy atom. The number of nitrogens with one attached hydrogen (secondary N) is 2. The van der Waals surface area contributed by atoms with Crippen molar-refractivity contribution in [1.82, 2.24) is 10.3 Å². The predicted molar refractivity (Wildman–Crippen MR) is 161 cm³/mol. The molecule has 1 fully saturated rings. The Morgan fingerprint density at radius 3 is 2.39 bits per heavy atom. The Balaban J connectivity index is 1.45. The molecule has 12 heteroatoms. The van der Waals surface area contributed by atoms with Crippen molar-refractivity contribution < 1.29 is 40.7 Å². The number of ether oxygens (including phenoxy) is 1. The number of alkyl halides is 6. The van der Waals surface area contributed by atoms with E-state index >= 15 is 0 Å². The van der Waals surface area contributed by atoms with Crippen molar-refractivity contribution in [2.24, 2.45) is 11.8 Å². The normalized spacial score (nSPS) is 18.5. The monoisotopic (exact) mass is 645 g/mol. The maximum absolute atomic E-state index is 13.9. The first-order chi connectivity index (χ1) is 21.7. The zero-order valence-corrected chi connectivity index (χ0v) is 25.2. The van der Waals surface area contributed by atoms with Gasteiger partial charge >= 0.3 is 6.18 Å². The standard InChI is InChI=1S/C34H33F6N3O3/c1-33(2,37)32(45)42-17-19-13-28(29(30(35)36)41-16-19)31(44)43-25-9-5-20-6-10-26(22-11-12-46-18-22)27(15-23(20)14-25)21-3-7-24(8-4-21)34(38,39)40/h3-5,7-9,13-16,22,26,30H,6,10-12,17-18H2,1-2H3,(H,42,45)(H,43,44)/t22-,26?/m1/s1. The second-order valence-electron chi connectivity index (χ2n) is 12.0. The summed E-state index contributed by atoms with van der Waals surface area (Å²) in [7, 11) is 0. The average molecular weight is 646 g/mol. The Labute approximate surface area is 262 Å². The summed E-state index contributed by atoms with van der Waals surface area (Å²) in [5, 5.41) is 5.00. The molecule has 6 nitrogen and oxygen atoms in total. The maximum Gasteiger partial charge on any atom is 0.416 e. The Morgan fingerprint density at radius 2 is 1.76 bits per heavy atom. The molecule has 1 aromatic heterocycles. The molecule has 0 saturated carbocycles. The minimum atomic E-state index is -4.47. The molecule has 0 bridgehead atoms. The summed E-state index contributed by atoms with van der Waals surface area (Å²) in [4.78, 5) is 28.9. The van der Waals surface area contributed by atoms with Gasteiger partial charge in [-0.05, 0) is 103 Å². The van der Waals surface area contributed by atoms with Crippen LogP contribution in [0, 0.1) is 11.8 Å². The number of fused-ring (bicyclic) bond motifs is 1. The molecular formula is C34H33F6N3O3. The molecule has 0 radical (unpaired) electrons. The Kier molecular flexibility index (Phi) is 9.57. The van der Waals surface area contributed by atoms with Crippen LogP contribution in [0.1, 0.15) is 77.0 Å². The first kappa shape index (κ1) is 33.2. The van der Waals surface area contributed by atoms with Gasteiger partial charge in [-0.2, -0.15) is 13.2 Å². The number of anilines is 1. The van der Waals surface area contributed by atoms with Crippen LogP contribution in [0.4, 0.5) is 32.0 Å². The maximum atomic E-state index is 13.9. The lowest BCUT2D eigenvalue weighted by Crippen LogP contribution is -2.38. The van der Waals surface area contributed by atoms with Crippen molar-refractivity contribution in [2.45, 2.75) is 57.9 Å². The quantitative estimate of drug-likeness (QED) is 0.245. The van der Waals surface area contributed by atoms with Gasteiger partial charge in [-0.3, -0.25) is 14.6 Å². The van der Waals surface area contributed by atoms with E-state index < -0.39 is 46.9 Å². The number of hydrogen-bond donors (Lipinski definition) is 2. The first-order valence-corrected chi connectivity index (χ1v) is 14.9. The molecule has 1 saturated heterocycles. The number of allylic oxidation sites excluding steroid dienone is 1. The minimum Gasteiger partial charge on any atom is -0.381 e. The van der Waals surface area contributed by atoms with E-state index in [1.54, 1.807) is 12.1 Å². The van der Waals surface area contributed by atoms with E-state index in [0.29, 0.717) is 30.9 Å². The van der Waals surface area contributed by atoms with Crippen LogP contribution in [0.25, 0.3) is 11.6 Å². The molecule has 46 heavy (non-hydrogen) atoms. The third-order valence-corrected chi connectivity index (χ3v) is 8.34. The lowest BCUT2D eigenvalue weighted by molar-refractivity contribution is -0.137. The van der Waals surface area contributed by atoms with E-state index in [-0.39, 0.29) is 23.9 Å². The summed E-state index contributed by atoms with van der Waals surface area (Å²) >= 11 is 0. The molecule has 2 aromatic carbocycles. The van der Waals surface area contributed by atoms with Gasteiger partial charge in [0.25, 0.3) is 18.2 Å². The summed E-state index contributed by atoms with van der Waals surface area (Å²) in [6, 6.07) is 11.4. The number of carbonyl (C=O) groups excluding carboxylic acids is 2. The van der Waals surface area contributed by atoms with Crippen molar-refractivity contribution in [3.8, 4) is 0 Å². The van der Waals surface area contributed by atoms with E-state index in [0.717, 1.165) is 61.7 Å². The van der Waals surface area contributed by atoms with Crippen LogP contribution in [0.2, 0.25) is 0 Å². The van der Waals surface area contributed by atoms with Crippen LogP contribution in [-0.2, 0) is 28.7 Å². The van der Waals surface area contributed by atoms with Gasteiger partial charge in [0.05, 0.1) is 17.7 Å². The molecular weight excluding hydrogens is 612 g/mol. The summed E-state index contributed by atoms with van der Waals surface area (Å²) in [5.74, 6) is -1.55. The van der Waals surface area contributed by atoms with E-state index in [1.165, 1.54) is 18.2 Å². The number of carbonyl (C=O) groups is 2. The summed E-state index contributed by atoms with van der Waals surface area (Å²) in [6.45, 7) is 3.08. The summed E-state index contributed by atoms with van der Waals surface area (Å²) in [6.07, 6.45) is -2.27. The number of pyridine rings is 1. The fraction of sp³-hybridized carbons (Fsp3) is 0.382. The third kappa shape index (κ3) is 7.60. The van der Waals surface area contributed by atoms with E-state index in [4.69, 9.17) is 4.74 Å². The molecule has 1 unspecified atom stereocenters. The lowest BCUT2D eigenvalue weighted by atomic mass is 9.79. The van der Waals surface area contributed by atoms with Gasteiger partial charge in [-0.25, -0.2) is 13.2 Å². The number of amides is 2. The smallest absolute Gasteiger partial charge is 0.381 e. The number of aromatic nitrogens is 1. The van der Waals surface area contributed by atoms with Crippen molar-refractivity contribution in [3.63, 3.8) is 0 Å². The van der Waals surface area contributed by atoms with Crippen molar-refractivity contribution in [3.05, 3.63) is 93.8 Å². The van der Waals surface area contributed by atoms with E-state index in [1.807, 2.05) is 12.1 Å². The van der Waals surface area contributed by atoms with Gasteiger partial charge < -0.3 is 15.4 Å². The van der Waals surface area contributed by atoms with Gasteiger partial charge in [0.15, 0.2) is 5.67 Å². The largest absolute Gasteiger partial charge is 0.416 e. The number of nitrogens with zero attached hydrogens (tertiary/aromatic N) is 1. The third-order valence-electron chi connectivity index (χ3n) is 8.34. The molecule has 2 aliphatic rings. The molecule has 244 valence electrons. The van der Waals surface area contributed by atoms with Crippen molar-refractivity contribution in [2.75, 3.05) is 18.5 Å². The number of rotatable bonds is 8. The molecule has 2 amide bonds. The highest BCUT2D eigenvalue weighted by Crippen LogP contribution is 2.42. The predicted octanol–water partition coefficient (Wildman–Crippen LogP) is 7.79. The zero-order valence-electron chi connectivity index (χ0n) is 25.2. The molecule has 3 aromatic rings. The summed E-state index contributed by atoms with van der Waals surface area (Å²) < 4.78 is 87.0. The molecule has 5 rings (SSSR count). The molecule has 2 N–H and O–H groups in total. The highest BCUT2D eigenvalue weighted by molar-refractivity contribution is 6.05. The van der Waals surface area contributed by atoms with Gasteiger partial charge in [0.1, 0.15) is 5.69 Å². The Bertz CT molecular complexity index is 1620. The second-order valence-corrected chi connectivity index (χ2v) is 12.0. The number of halogens is 6. The molecule has 1 aliphatic carbocycles. The van der Waals surface area contributed by atoms with Crippen LogP contribution < -0.4 is 10.6 Å². The highest BCUT2D eigenvalue weighted by atomic mass is 19.4. The van der Waals surface area contributed by atoms with Crippen LogP contribution in [-0.4, -0.2) is 35.7 Å². The van der Waals surface area contributed by atoms with Gasteiger partial charge in [-0.15, -0.1) is 0 Å². The van der Waals surface area contributed by atoms with Crippen LogP contribution >= 0.6 is 0 Å². The minimum absolute atomic E-state index is 0.0237. The van der Waals surface area contributed by atoms with Crippen molar-refractivity contribution >= 4 is 29.2 Å². The number of hydrogen-bond acceptors (Lipinski definition) is 4. The SMILES string of the molecule is CC(C)(F)C(=O)NCc1cnc(C(F)F)c(C(=O)Nc2ccc3c(c2)C=C(c2ccc(C(F)(F)F)cc2)C([C@@H]2CCOC2)CC3)c1. The highest BCUT2D eigenvalue weighted by Gasteiger charge is 2.33. The zero-order chi connectivity index (χ0) is 33.2. The van der Waals surface area contributed by atoms with Gasteiger partial charge in [0, 0.05) is 25.0 Å². The summed E-state index contributed by atoms with van der Waals surface area (Å²) in [5.41, 5.74) is -0.300. The van der Waals surface area contributed by atoms with E-state index in [2.05, 4.69) is 15.6 Å². The van der Waals surface area contributed by atoms with Crippen LogP contribution in [0.3, 0.4) is 0 Å². The van der Waals surface area contributed by atoms with E-state index in [9.17, 15) is 35.9 Å². The van der Waals surface area contributed by atoms with Gasteiger partial charge in [0.2, 0.25) is 0 Å². The average Bonchev–Trinajstić information content (AvgIpc) is 3.47. The molecule has 2 heterocycles. The molecule has 0 spiro atoms. The first-order valence-electron chi connectivity index (χ1n) is 14.9. The van der Waals surface area contributed by atoms with Crippen molar-refractivity contribution in [1.29, 1.82) is 0 Å². The number of aryl methyl sites for hydroxylation is 1. The topological polar surface area (TPSA) is 80.3 Å². The fourth-order valence-corrected chi connectivity index (χ4v) is 5.85.